The van der Waals surface area contributed by atoms with Crippen LogP contribution < -0.4 is 15.5 Å². The fourth-order valence-corrected chi connectivity index (χ4v) is 1.99. The molecular formula is C18H18FN3O4. The van der Waals surface area contributed by atoms with Crippen LogP contribution >= 0.6 is 0 Å². The third-order valence-electron chi connectivity index (χ3n) is 3.18. The van der Waals surface area contributed by atoms with Gasteiger partial charge in [0.25, 0.3) is 11.8 Å². The van der Waals surface area contributed by atoms with E-state index in [4.69, 9.17) is 4.74 Å². The maximum absolute atomic E-state index is 13.1. The Kier molecular flexibility index (Phi) is 6.67. The number of hydrazone groups is 1. The van der Waals surface area contributed by atoms with Gasteiger partial charge in [-0.15, -0.1) is 0 Å². The van der Waals surface area contributed by atoms with Gasteiger partial charge in [-0.3, -0.25) is 9.59 Å². The van der Waals surface area contributed by atoms with Gasteiger partial charge in [0, 0.05) is 5.56 Å². The largest absolute Gasteiger partial charge is 0.504 e. The SMILES string of the molecule is CCOc1cc(C=NNC(=O)CNC(=O)c2cccc(F)c2)ccc1O. The molecule has 0 radical (unpaired) electrons. The molecule has 0 fully saturated rings. The van der Waals surface area contributed by atoms with E-state index in [9.17, 15) is 19.1 Å². The summed E-state index contributed by atoms with van der Waals surface area (Å²) in [5.41, 5.74) is 2.98. The molecule has 0 aliphatic rings. The summed E-state index contributed by atoms with van der Waals surface area (Å²) in [6.07, 6.45) is 1.37. The van der Waals surface area contributed by atoms with E-state index in [1.165, 1.54) is 30.5 Å². The summed E-state index contributed by atoms with van der Waals surface area (Å²) in [6, 6.07) is 9.76. The van der Waals surface area contributed by atoms with Gasteiger partial charge in [0.15, 0.2) is 11.5 Å². The van der Waals surface area contributed by atoms with Crippen molar-refractivity contribution in [2.75, 3.05) is 13.2 Å². The molecule has 0 atom stereocenters. The van der Waals surface area contributed by atoms with Crippen LogP contribution in [0, 0.1) is 5.82 Å². The first-order valence-electron chi connectivity index (χ1n) is 7.81. The normalized spacial score (nSPS) is 10.5. The van der Waals surface area contributed by atoms with E-state index in [1.54, 1.807) is 19.1 Å². The Labute approximate surface area is 149 Å². The van der Waals surface area contributed by atoms with Crippen molar-refractivity contribution in [2.45, 2.75) is 6.92 Å². The van der Waals surface area contributed by atoms with Crippen LogP contribution in [0.5, 0.6) is 11.5 Å². The molecule has 3 N–H and O–H groups in total. The number of ether oxygens (including phenoxy) is 1. The number of carbonyl (C=O) groups excluding carboxylic acids is 2. The third-order valence-corrected chi connectivity index (χ3v) is 3.18. The molecule has 2 aromatic rings. The second-order valence-corrected chi connectivity index (χ2v) is 5.15. The number of benzene rings is 2. The molecule has 26 heavy (non-hydrogen) atoms. The minimum atomic E-state index is -0.566. The van der Waals surface area contributed by atoms with Crippen LogP contribution in [0.4, 0.5) is 4.39 Å². The van der Waals surface area contributed by atoms with E-state index < -0.39 is 17.6 Å². The van der Waals surface area contributed by atoms with Gasteiger partial charge in [-0.25, -0.2) is 9.82 Å². The van der Waals surface area contributed by atoms with E-state index in [0.717, 1.165) is 6.07 Å². The Balaban J connectivity index is 1.84. The van der Waals surface area contributed by atoms with Crippen LogP contribution in [0.25, 0.3) is 0 Å². The summed E-state index contributed by atoms with van der Waals surface area (Å²) < 4.78 is 18.3. The number of amides is 2. The Hall–Kier alpha value is -3.42. The minimum Gasteiger partial charge on any atom is -0.504 e. The van der Waals surface area contributed by atoms with Crippen molar-refractivity contribution >= 4 is 18.0 Å². The Morgan fingerprint density at radius 2 is 2.08 bits per heavy atom. The maximum atomic E-state index is 13.1. The summed E-state index contributed by atoms with van der Waals surface area (Å²) in [5, 5.41) is 15.7. The average molecular weight is 359 g/mol. The number of halogens is 1. The van der Waals surface area contributed by atoms with Crippen LogP contribution in [0.2, 0.25) is 0 Å². The quantitative estimate of drug-likeness (QED) is 0.518. The van der Waals surface area contributed by atoms with Gasteiger partial charge in [0.05, 0.1) is 19.4 Å². The molecule has 136 valence electrons. The van der Waals surface area contributed by atoms with Crippen molar-refractivity contribution in [3.05, 3.63) is 59.4 Å². The molecule has 0 heterocycles. The number of hydrogen-bond donors (Lipinski definition) is 3. The highest BCUT2D eigenvalue weighted by molar-refractivity contribution is 5.96. The van der Waals surface area contributed by atoms with E-state index in [2.05, 4.69) is 15.8 Å². The number of rotatable bonds is 7. The number of phenolic OH excluding ortho intramolecular Hbond substituents is 1. The molecule has 0 aliphatic carbocycles. The molecule has 0 aliphatic heterocycles. The van der Waals surface area contributed by atoms with Crippen molar-refractivity contribution in [1.29, 1.82) is 0 Å². The fraction of sp³-hybridized carbons (Fsp3) is 0.167. The minimum absolute atomic E-state index is 0.00750. The van der Waals surface area contributed by atoms with Crippen molar-refractivity contribution in [1.82, 2.24) is 10.7 Å². The molecule has 2 amide bonds. The lowest BCUT2D eigenvalue weighted by molar-refractivity contribution is -0.120. The maximum Gasteiger partial charge on any atom is 0.259 e. The topological polar surface area (TPSA) is 100 Å². The monoisotopic (exact) mass is 359 g/mol. The number of phenols is 1. The number of nitrogens with one attached hydrogen (secondary N) is 2. The average Bonchev–Trinajstić information content (AvgIpc) is 2.62. The van der Waals surface area contributed by atoms with Gasteiger partial charge in [0.2, 0.25) is 0 Å². The summed E-state index contributed by atoms with van der Waals surface area (Å²) in [6.45, 7) is 1.88. The molecule has 0 spiro atoms. The zero-order valence-corrected chi connectivity index (χ0v) is 14.0. The highest BCUT2D eigenvalue weighted by Crippen LogP contribution is 2.26. The van der Waals surface area contributed by atoms with Crippen molar-refractivity contribution < 1.29 is 23.8 Å². The Morgan fingerprint density at radius 3 is 2.81 bits per heavy atom. The van der Waals surface area contributed by atoms with Gasteiger partial charge in [0.1, 0.15) is 5.82 Å². The van der Waals surface area contributed by atoms with Gasteiger partial charge < -0.3 is 15.2 Å². The van der Waals surface area contributed by atoms with Crippen LogP contribution in [-0.2, 0) is 4.79 Å². The summed E-state index contributed by atoms with van der Waals surface area (Å²) >= 11 is 0. The lowest BCUT2D eigenvalue weighted by atomic mass is 10.2. The highest BCUT2D eigenvalue weighted by Gasteiger charge is 2.08. The van der Waals surface area contributed by atoms with Gasteiger partial charge >= 0.3 is 0 Å². The van der Waals surface area contributed by atoms with Crippen LogP contribution in [0.15, 0.2) is 47.6 Å². The number of carbonyl (C=O) groups is 2. The first kappa shape index (κ1) is 18.9. The summed E-state index contributed by atoms with van der Waals surface area (Å²) in [7, 11) is 0. The highest BCUT2D eigenvalue weighted by atomic mass is 19.1. The third kappa shape index (κ3) is 5.59. The molecule has 2 rings (SSSR count). The lowest BCUT2D eigenvalue weighted by Crippen LogP contribution is -2.34. The zero-order valence-electron chi connectivity index (χ0n) is 14.0. The predicted molar refractivity (Wildman–Crippen MR) is 93.7 cm³/mol. The smallest absolute Gasteiger partial charge is 0.259 e. The van der Waals surface area contributed by atoms with Crippen molar-refractivity contribution in [3.8, 4) is 11.5 Å². The number of hydrogen-bond acceptors (Lipinski definition) is 5. The lowest BCUT2D eigenvalue weighted by Gasteiger charge is -2.06. The number of nitrogens with zero attached hydrogens (tertiary/aromatic N) is 1. The molecule has 0 saturated carbocycles. The van der Waals surface area contributed by atoms with E-state index >= 15 is 0 Å². The first-order valence-corrected chi connectivity index (χ1v) is 7.81. The molecule has 0 unspecified atom stereocenters. The standard InChI is InChI=1S/C18H18FN3O4/c1-2-26-16-8-12(6-7-15(16)23)10-21-22-17(24)11-20-18(25)13-4-3-5-14(19)9-13/h3-10,23H,2,11H2,1H3,(H,20,25)(H,22,24). The van der Waals surface area contributed by atoms with Gasteiger partial charge in [-0.05, 0) is 48.9 Å². The second kappa shape index (κ2) is 9.16. The van der Waals surface area contributed by atoms with Crippen molar-refractivity contribution in [3.63, 3.8) is 0 Å². The second-order valence-electron chi connectivity index (χ2n) is 5.15. The van der Waals surface area contributed by atoms with Gasteiger partial charge in [-0.1, -0.05) is 6.07 Å². The molecule has 0 aromatic heterocycles. The molecule has 2 aromatic carbocycles. The molecular weight excluding hydrogens is 341 g/mol. The summed E-state index contributed by atoms with van der Waals surface area (Å²) in [5.74, 6) is -1.33. The molecule has 0 bridgehead atoms. The van der Waals surface area contributed by atoms with Crippen LogP contribution in [-0.4, -0.2) is 36.3 Å². The van der Waals surface area contributed by atoms with Crippen LogP contribution in [0.3, 0.4) is 0 Å². The molecule has 8 heteroatoms. The fourth-order valence-electron chi connectivity index (χ4n) is 1.99. The van der Waals surface area contributed by atoms with E-state index in [0.29, 0.717) is 17.9 Å². The summed E-state index contributed by atoms with van der Waals surface area (Å²) in [4.78, 5) is 23.5. The molecule has 7 nitrogen and oxygen atoms in total. The molecule has 0 saturated heterocycles. The number of aromatic hydroxyl groups is 1. The van der Waals surface area contributed by atoms with Crippen molar-refractivity contribution in [2.24, 2.45) is 5.10 Å². The van der Waals surface area contributed by atoms with E-state index in [1.807, 2.05) is 0 Å². The first-order chi connectivity index (χ1) is 12.5. The van der Waals surface area contributed by atoms with E-state index in [-0.39, 0.29) is 17.9 Å². The Bertz CT molecular complexity index is 824. The predicted octanol–water partition coefficient (Wildman–Crippen LogP) is 1.81. The van der Waals surface area contributed by atoms with Gasteiger partial charge in [-0.2, -0.15) is 5.10 Å². The Morgan fingerprint density at radius 1 is 1.27 bits per heavy atom. The zero-order chi connectivity index (χ0) is 18.9. The van der Waals surface area contributed by atoms with Crippen LogP contribution in [0.1, 0.15) is 22.8 Å².